The van der Waals surface area contributed by atoms with Crippen LogP contribution >= 0.6 is 0 Å². The molecule has 2 fully saturated rings. The molecule has 5 rings (SSSR count). The Labute approximate surface area is 203 Å². The number of halogens is 1. The summed E-state index contributed by atoms with van der Waals surface area (Å²) in [5.41, 5.74) is 14.2. The summed E-state index contributed by atoms with van der Waals surface area (Å²) in [6, 6.07) is 8.88. The highest BCUT2D eigenvalue weighted by atomic mass is 19.1. The maximum absolute atomic E-state index is 14.8. The van der Waals surface area contributed by atoms with Crippen LogP contribution in [-0.2, 0) is 4.74 Å². The second-order valence-corrected chi connectivity index (χ2v) is 9.08. The number of anilines is 4. The van der Waals surface area contributed by atoms with Crippen LogP contribution in [0.2, 0.25) is 0 Å². The van der Waals surface area contributed by atoms with E-state index in [1.807, 2.05) is 24.3 Å². The molecule has 0 bridgehead atoms. The first-order valence-electron chi connectivity index (χ1n) is 12.0. The van der Waals surface area contributed by atoms with Crippen LogP contribution in [0.15, 0.2) is 36.5 Å². The zero-order valence-electron chi connectivity index (χ0n) is 19.5. The van der Waals surface area contributed by atoms with E-state index in [0.717, 1.165) is 61.4 Å². The van der Waals surface area contributed by atoms with Crippen molar-refractivity contribution in [3.05, 3.63) is 47.9 Å². The van der Waals surface area contributed by atoms with Crippen molar-refractivity contribution < 1.29 is 13.9 Å². The number of carbonyl (C=O) groups is 1. The van der Waals surface area contributed by atoms with E-state index in [4.69, 9.17) is 16.2 Å². The van der Waals surface area contributed by atoms with E-state index in [1.54, 1.807) is 6.20 Å². The van der Waals surface area contributed by atoms with Gasteiger partial charge in [0.15, 0.2) is 11.6 Å². The highest BCUT2D eigenvalue weighted by molar-refractivity contribution is 5.99. The normalized spacial score (nSPS) is 20.6. The molecule has 1 saturated carbocycles. The summed E-state index contributed by atoms with van der Waals surface area (Å²) >= 11 is 0. The Morgan fingerprint density at radius 3 is 2.71 bits per heavy atom. The van der Waals surface area contributed by atoms with Gasteiger partial charge in [-0.05, 0) is 31.0 Å². The van der Waals surface area contributed by atoms with Crippen molar-refractivity contribution >= 4 is 39.8 Å². The number of carbonyl (C=O) groups excluding carboxylic acids is 1. The lowest BCUT2D eigenvalue weighted by molar-refractivity contribution is 0.100. The van der Waals surface area contributed by atoms with Crippen LogP contribution in [0.4, 0.5) is 27.4 Å². The molecule has 2 atom stereocenters. The number of fused-ring (bicyclic) bond motifs is 1. The van der Waals surface area contributed by atoms with E-state index < -0.39 is 11.7 Å². The number of morpholine rings is 1. The molecule has 3 aromatic rings. The molecule has 1 aliphatic carbocycles. The average Bonchev–Trinajstić information content (AvgIpc) is 2.87. The van der Waals surface area contributed by atoms with E-state index >= 15 is 0 Å². The fourth-order valence-corrected chi connectivity index (χ4v) is 4.80. The quantitative estimate of drug-likeness (QED) is 0.424. The number of pyridine rings is 2. The summed E-state index contributed by atoms with van der Waals surface area (Å²) in [6.45, 7) is 2.99. The Hall–Kier alpha value is -3.50. The van der Waals surface area contributed by atoms with Gasteiger partial charge in [0.1, 0.15) is 5.82 Å². The van der Waals surface area contributed by atoms with Gasteiger partial charge < -0.3 is 31.7 Å². The predicted octanol–water partition coefficient (Wildman–Crippen LogP) is 3.13. The molecular formula is C25H30FN7O2. The van der Waals surface area contributed by atoms with Gasteiger partial charge in [-0.2, -0.15) is 0 Å². The predicted molar refractivity (Wildman–Crippen MR) is 135 cm³/mol. The number of hydrogen-bond acceptors (Lipinski definition) is 8. The summed E-state index contributed by atoms with van der Waals surface area (Å²) in [5, 5.41) is 7.17. The van der Waals surface area contributed by atoms with E-state index in [2.05, 4.69) is 25.5 Å². The molecular weight excluding hydrogens is 449 g/mol. The number of aromatic nitrogens is 2. The number of para-hydroxylation sites is 1. The summed E-state index contributed by atoms with van der Waals surface area (Å²) in [4.78, 5) is 23.4. The third-order valence-electron chi connectivity index (χ3n) is 6.69. The number of ether oxygens (including phenoxy) is 1. The fraction of sp³-hybridized carbons (Fsp3) is 0.400. The zero-order valence-corrected chi connectivity index (χ0v) is 19.5. The van der Waals surface area contributed by atoms with Crippen LogP contribution in [0.25, 0.3) is 10.9 Å². The second-order valence-electron chi connectivity index (χ2n) is 9.08. The smallest absolute Gasteiger partial charge is 0.252 e. The van der Waals surface area contributed by atoms with Gasteiger partial charge in [0.2, 0.25) is 0 Å². The zero-order chi connectivity index (χ0) is 24.4. The molecule has 1 aliphatic heterocycles. The molecule has 184 valence electrons. The maximum Gasteiger partial charge on any atom is 0.252 e. The van der Waals surface area contributed by atoms with Gasteiger partial charge in [-0.15, -0.1) is 0 Å². The lowest BCUT2D eigenvalue weighted by Gasteiger charge is -2.30. The van der Waals surface area contributed by atoms with Gasteiger partial charge in [-0.3, -0.25) is 9.78 Å². The van der Waals surface area contributed by atoms with Crippen LogP contribution in [0.3, 0.4) is 0 Å². The summed E-state index contributed by atoms with van der Waals surface area (Å²) < 4.78 is 20.3. The van der Waals surface area contributed by atoms with Gasteiger partial charge >= 0.3 is 0 Å². The molecule has 10 heteroatoms. The molecule has 0 radical (unpaired) electrons. The number of amides is 1. The Balaban J connectivity index is 1.45. The molecule has 1 saturated heterocycles. The van der Waals surface area contributed by atoms with E-state index in [-0.39, 0.29) is 29.3 Å². The third kappa shape index (κ3) is 4.98. The van der Waals surface area contributed by atoms with E-state index in [9.17, 15) is 9.18 Å². The van der Waals surface area contributed by atoms with Crippen LogP contribution in [-0.4, -0.2) is 54.3 Å². The number of nitrogens with zero attached hydrogens (tertiary/aromatic N) is 3. The van der Waals surface area contributed by atoms with Crippen molar-refractivity contribution in [2.24, 2.45) is 11.5 Å². The highest BCUT2D eigenvalue weighted by Crippen LogP contribution is 2.30. The molecule has 3 heterocycles. The van der Waals surface area contributed by atoms with Crippen molar-refractivity contribution in [1.82, 2.24) is 9.97 Å². The summed E-state index contributed by atoms with van der Waals surface area (Å²) in [6.07, 6.45) is 5.46. The first-order chi connectivity index (χ1) is 17.0. The highest BCUT2D eigenvalue weighted by Gasteiger charge is 2.24. The third-order valence-corrected chi connectivity index (χ3v) is 6.69. The Kier molecular flexibility index (Phi) is 6.65. The van der Waals surface area contributed by atoms with Gasteiger partial charge in [0, 0.05) is 30.6 Å². The number of nitrogens with two attached hydrogens (primary N) is 2. The molecule has 1 amide bonds. The van der Waals surface area contributed by atoms with Gasteiger partial charge in [-0.25, -0.2) is 9.37 Å². The number of benzene rings is 1. The average molecular weight is 480 g/mol. The van der Waals surface area contributed by atoms with Gasteiger partial charge in [-0.1, -0.05) is 25.0 Å². The fourth-order valence-electron chi connectivity index (χ4n) is 4.80. The van der Waals surface area contributed by atoms with Crippen LogP contribution in [0.1, 0.15) is 36.0 Å². The monoisotopic (exact) mass is 479 g/mol. The van der Waals surface area contributed by atoms with Crippen LogP contribution in [0, 0.1) is 5.82 Å². The Morgan fingerprint density at radius 1 is 1.14 bits per heavy atom. The first kappa shape index (κ1) is 23.3. The van der Waals surface area contributed by atoms with Crippen LogP contribution in [0.5, 0.6) is 0 Å². The first-order valence-corrected chi connectivity index (χ1v) is 12.0. The molecule has 2 aliphatic rings. The molecule has 1 aromatic carbocycles. The van der Waals surface area contributed by atoms with Gasteiger partial charge in [0.05, 0.1) is 41.9 Å². The van der Waals surface area contributed by atoms with Crippen molar-refractivity contribution in [2.75, 3.05) is 41.8 Å². The molecule has 1 unspecified atom stereocenters. The maximum atomic E-state index is 14.8. The van der Waals surface area contributed by atoms with Crippen LogP contribution < -0.4 is 27.0 Å². The molecule has 6 N–H and O–H groups in total. The summed E-state index contributed by atoms with van der Waals surface area (Å²) in [5.74, 6) is -1.21. The van der Waals surface area contributed by atoms with Gasteiger partial charge in [0.25, 0.3) is 5.91 Å². The lowest BCUT2D eigenvalue weighted by Crippen LogP contribution is -2.43. The molecule has 0 spiro atoms. The molecule has 35 heavy (non-hydrogen) atoms. The topological polar surface area (TPSA) is 131 Å². The number of hydrogen-bond donors (Lipinski definition) is 4. The second kappa shape index (κ2) is 10.0. The van der Waals surface area contributed by atoms with E-state index in [0.29, 0.717) is 18.9 Å². The molecule has 9 nitrogen and oxygen atoms in total. The largest absolute Gasteiger partial charge is 0.378 e. The van der Waals surface area contributed by atoms with Crippen molar-refractivity contribution in [3.63, 3.8) is 0 Å². The minimum atomic E-state index is -0.775. The number of nitrogens with one attached hydrogen (secondary N) is 2. The lowest BCUT2D eigenvalue weighted by atomic mass is 9.91. The van der Waals surface area contributed by atoms with Crippen molar-refractivity contribution in [3.8, 4) is 0 Å². The van der Waals surface area contributed by atoms with Crippen molar-refractivity contribution in [2.45, 2.75) is 37.8 Å². The molecule has 2 aromatic heterocycles. The minimum Gasteiger partial charge on any atom is -0.378 e. The van der Waals surface area contributed by atoms with Crippen molar-refractivity contribution in [1.29, 1.82) is 0 Å². The Bertz CT molecular complexity index is 1230. The number of rotatable bonds is 6. The standard InChI is InChI=1S/C25H30FN7O2/c26-18-13-17(23(28)34)24(32-25(18)31-20-6-2-1-5-19(20)27)30-16-12-15-4-3-7-21(22(15)29-14-16)33-8-10-35-11-9-33/h3-4,7,12-14,19-20H,1-2,5-6,8-11,27H2,(H2,28,34)(H2,30,31,32)/t19?,20-/m1/s1. The minimum absolute atomic E-state index is 0.0387. The Morgan fingerprint density at radius 2 is 1.94 bits per heavy atom. The summed E-state index contributed by atoms with van der Waals surface area (Å²) in [7, 11) is 0. The van der Waals surface area contributed by atoms with E-state index in [1.165, 1.54) is 0 Å². The SMILES string of the molecule is NC(=O)c1cc(F)c(N[C@@H]2CCCCC2N)nc1Nc1cnc2c(N3CCOCC3)cccc2c1. The number of primary amides is 1.